The molecule has 1 aromatic carbocycles. The lowest BCUT2D eigenvalue weighted by Gasteiger charge is -2.09. The number of carbonyl (C=O) groups is 1. The fourth-order valence-corrected chi connectivity index (χ4v) is 2.46. The molecule has 0 saturated heterocycles. The van der Waals surface area contributed by atoms with E-state index in [2.05, 4.69) is 4.98 Å². The molecule has 0 saturated carbocycles. The third-order valence-electron chi connectivity index (χ3n) is 2.75. The first-order chi connectivity index (χ1) is 9.13. The predicted molar refractivity (Wildman–Crippen MR) is 74.3 cm³/mol. The van der Waals surface area contributed by atoms with Crippen LogP contribution in [0, 0.1) is 13.8 Å². The van der Waals surface area contributed by atoms with Crippen LogP contribution in [-0.2, 0) is 6.61 Å². The molecule has 2 aromatic rings. The van der Waals surface area contributed by atoms with E-state index in [1.165, 1.54) is 4.88 Å². The highest BCUT2D eigenvalue weighted by atomic mass is 32.1. The normalized spacial score (nSPS) is 10.3. The zero-order valence-corrected chi connectivity index (χ0v) is 11.9. The maximum atomic E-state index is 10.7. The standard InChI is InChI=1S/C14H15NO3S/c1-9-10(2)19-14(15-9)8-18-12-5-4-11(7-16)6-13(12)17-3/h4-7H,8H2,1-3H3. The molecule has 4 nitrogen and oxygen atoms in total. The van der Waals surface area contributed by atoms with Crippen LogP contribution in [0.2, 0.25) is 0 Å². The SMILES string of the molecule is COc1cc(C=O)ccc1OCc1nc(C)c(C)s1. The van der Waals surface area contributed by atoms with Crippen molar-refractivity contribution in [3.63, 3.8) is 0 Å². The predicted octanol–water partition coefficient (Wildman–Crippen LogP) is 3.16. The molecule has 0 radical (unpaired) electrons. The number of hydrogen-bond donors (Lipinski definition) is 0. The van der Waals surface area contributed by atoms with E-state index in [4.69, 9.17) is 9.47 Å². The molecule has 0 aliphatic heterocycles. The maximum absolute atomic E-state index is 10.7. The molecule has 0 amide bonds. The van der Waals surface area contributed by atoms with Crippen molar-refractivity contribution in [2.24, 2.45) is 0 Å². The van der Waals surface area contributed by atoms with E-state index in [0.29, 0.717) is 23.7 Å². The highest BCUT2D eigenvalue weighted by molar-refractivity contribution is 7.11. The summed E-state index contributed by atoms with van der Waals surface area (Å²) in [6.07, 6.45) is 0.778. The molecule has 0 atom stereocenters. The highest BCUT2D eigenvalue weighted by Crippen LogP contribution is 2.29. The lowest BCUT2D eigenvalue weighted by Crippen LogP contribution is -1.98. The molecule has 2 rings (SSSR count). The summed E-state index contributed by atoms with van der Waals surface area (Å²) in [5.41, 5.74) is 1.59. The van der Waals surface area contributed by atoms with Crippen molar-refractivity contribution in [2.75, 3.05) is 7.11 Å². The van der Waals surface area contributed by atoms with Gasteiger partial charge in [0.25, 0.3) is 0 Å². The maximum Gasteiger partial charge on any atom is 0.161 e. The minimum atomic E-state index is 0.399. The van der Waals surface area contributed by atoms with Crippen LogP contribution in [0.5, 0.6) is 11.5 Å². The first-order valence-corrected chi connectivity index (χ1v) is 6.64. The minimum Gasteiger partial charge on any atom is -0.493 e. The first-order valence-electron chi connectivity index (χ1n) is 5.83. The summed E-state index contributed by atoms with van der Waals surface area (Å²) in [5, 5.41) is 0.927. The number of ether oxygens (including phenoxy) is 2. The minimum absolute atomic E-state index is 0.399. The van der Waals surface area contributed by atoms with E-state index in [-0.39, 0.29) is 0 Å². The van der Waals surface area contributed by atoms with Crippen LogP contribution in [0.1, 0.15) is 25.9 Å². The van der Waals surface area contributed by atoms with E-state index in [9.17, 15) is 4.79 Å². The summed E-state index contributed by atoms with van der Waals surface area (Å²) >= 11 is 1.62. The number of aromatic nitrogens is 1. The number of aryl methyl sites for hydroxylation is 2. The van der Waals surface area contributed by atoms with Crippen LogP contribution in [-0.4, -0.2) is 18.4 Å². The van der Waals surface area contributed by atoms with Gasteiger partial charge in [-0.1, -0.05) is 0 Å². The van der Waals surface area contributed by atoms with E-state index in [0.717, 1.165) is 17.0 Å². The number of carbonyl (C=O) groups excluding carboxylic acids is 1. The monoisotopic (exact) mass is 277 g/mol. The zero-order valence-electron chi connectivity index (χ0n) is 11.1. The van der Waals surface area contributed by atoms with Crippen molar-refractivity contribution in [1.82, 2.24) is 4.98 Å². The summed E-state index contributed by atoms with van der Waals surface area (Å²) < 4.78 is 10.9. The van der Waals surface area contributed by atoms with Crippen molar-refractivity contribution in [2.45, 2.75) is 20.5 Å². The Morgan fingerprint density at radius 1 is 1.32 bits per heavy atom. The average Bonchev–Trinajstić information content (AvgIpc) is 2.75. The van der Waals surface area contributed by atoms with Gasteiger partial charge >= 0.3 is 0 Å². The smallest absolute Gasteiger partial charge is 0.161 e. The molecule has 1 heterocycles. The van der Waals surface area contributed by atoms with Crippen LogP contribution in [0.15, 0.2) is 18.2 Å². The van der Waals surface area contributed by atoms with Crippen molar-refractivity contribution in [3.05, 3.63) is 39.3 Å². The van der Waals surface area contributed by atoms with Gasteiger partial charge in [0, 0.05) is 10.4 Å². The van der Waals surface area contributed by atoms with Gasteiger partial charge < -0.3 is 9.47 Å². The number of hydrogen-bond acceptors (Lipinski definition) is 5. The van der Waals surface area contributed by atoms with Crippen LogP contribution < -0.4 is 9.47 Å². The molecule has 0 aliphatic rings. The van der Waals surface area contributed by atoms with Gasteiger partial charge in [0.15, 0.2) is 11.5 Å². The number of methoxy groups -OCH3 is 1. The van der Waals surface area contributed by atoms with Crippen LogP contribution in [0.3, 0.4) is 0 Å². The summed E-state index contributed by atoms with van der Waals surface area (Å²) in [5.74, 6) is 1.16. The summed E-state index contributed by atoms with van der Waals surface area (Å²) in [6, 6.07) is 5.08. The zero-order chi connectivity index (χ0) is 13.8. The largest absolute Gasteiger partial charge is 0.493 e. The fourth-order valence-electron chi connectivity index (χ4n) is 1.62. The molecule has 0 spiro atoms. The molecule has 100 valence electrons. The number of thiazole rings is 1. The average molecular weight is 277 g/mol. The lowest BCUT2D eigenvalue weighted by molar-refractivity contribution is 0.112. The number of nitrogens with zero attached hydrogens (tertiary/aromatic N) is 1. The van der Waals surface area contributed by atoms with Crippen LogP contribution in [0.4, 0.5) is 0 Å². The fraction of sp³-hybridized carbons (Fsp3) is 0.286. The third-order valence-corrected chi connectivity index (χ3v) is 3.79. The summed E-state index contributed by atoms with van der Waals surface area (Å²) in [7, 11) is 1.55. The van der Waals surface area contributed by atoms with Gasteiger partial charge in [-0.2, -0.15) is 0 Å². The Balaban J connectivity index is 2.12. The number of benzene rings is 1. The van der Waals surface area contributed by atoms with E-state index >= 15 is 0 Å². The van der Waals surface area contributed by atoms with E-state index < -0.39 is 0 Å². The summed E-state index contributed by atoms with van der Waals surface area (Å²) in [4.78, 5) is 16.3. The Hall–Kier alpha value is -1.88. The molecular formula is C14H15NO3S. The molecule has 0 aliphatic carbocycles. The molecule has 1 aromatic heterocycles. The van der Waals surface area contributed by atoms with Gasteiger partial charge in [-0.15, -0.1) is 11.3 Å². The van der Waals surface area contributed by atoms with Gasteiger partial charge in [-0.05, 0) is 32.0 Å². The van der Waals surface area contributed by atoms with Gasteiger partial charge in [0.1, 0.15) is 17.9 Å². The molecule has 5 heteroatoms. The topological polar surface area (TPSA) is 48.4 Å². The Labute approximate surface area is 116 Å². The molecular weight excluding hydrogens is 262 g/mol. The van der Waals surface area contributed by atoms with Gasteiger partial charge in [0.05, 0.1) is 12.8 Å². The Morgan fingerprint density at radius 2 is 2.11 bits per heavy atom. The summed E-state index contributed by atoms with van der Waals surface area (Å²) in [6.45, 7) is 4.42. The quantitative estimate of drug-likeness (QED) is 0.788. The second-order valence-electron chi connectivity index (χ2n) is 4.07. The molecule has 19 heavy (non-hydrogen) atoms. The Bertz CT molecular complexity index is 573. The van der Waals surface area contributed by atoms with Gasteiger partial charge in [-0.25, -0.2) is 4.98 Å². The van der Waals surface area contributed by atoms with Crippen molar-refractivity contribution < 1.29 is 14.3 Å². The molecule has 0 fully saturated rings. The lowest BCUT2D eigenvalue weighted by atomic mass is 10.2. The highest BCUT2D eigenvalue weighted by Gasteiger charge is 2.08. The van der Waals surface area contributed by atoms with Crippen molar-refractivity contribution in [3.8, 4) is 11.5 Å². The second-order valence-corrected chi connectivity index (χ2v) is 5.35. The molecule has 0 unspecified atom stereocenters. The second kappa shape index (κ2) is 5.84. The van der Waals surface area contributed by atoms with E-state index in [1.807, 2.05) is 13.8 Å². The Morgan fingerprint density at radius 3 is 2.68 bits per heavy atom. The van der Waals surface area contributed by atoms with Crippen LogP contribution in [0.25, 0.3) is 0 Å². The molecule has 0 N–H and O–H groups in total. The third kappa shape index (κ3) is 3.12. The number of aldehydes is 1. The van der Waals surface area contributed by atoms with Crippen molar-refractivity contribution >= 4 is 17.6 Å². The first kappa shape index (κ1) is 13.5. The molecule has 0 bridgehead atoms. The van der Waals surface area contributed by atoms with Crippen LogP contribution >= 0.6 is 11.3 Å². The number of rotatable bonds is 5. The van der Waals surface area contributed by atoms with Crippen molar-refractivity contribution in [1.29, 1.82) is 0 Å². The Kier molecular flexibility index (Phi) is 4.16. The van der Waals surface area contributed by atoms with E-state index in [1.54, 1.807) is 36.6 Å². The van der Waals surface area contributed by atoms with Gasteiger partial charge in [0.2, 0.25) is 0 Å². The van der Waals surface area contributed by atoms with Gasteiger partial charge in [-0.3, -0.25) is 4.79 Å².